The number of anilines is 1. The van der Waals surface area contributed by atoms with Gasteiger partial charge in [0.1, 0.15) is 0 Å². The van der Waals surface area contributed by atoms with Crippen LogP contribution in [0.2, 0.25) is 0 Å². The Hall–Kier alpha value is -5.54. The first-order valence-electron chi connectivity index (χ1n) is 15.4. The molecule has 3 nitrogen and oxygen atoms in total. The number of aromatic nitrogens is 1. The molecule has 45 heavy (non-hydrogen) atoms. The van der Waals surface area contributed by atoms with Gasteiger partial charge in [0.2, 0.25) is 17.1 Å². The predicted molar refractivity (Wildman–Crippen MR) is 185 cm³/mol. The summed E-state index contributed by atoms with van der Waals surface area (Å²) in [4.78, 5) is 15.6. The molecule has 0 N–H and O–H groups in total. The summed E-state index contributed by atoms with van der Waals surface area (Å²) in [6.45, 7) is 4.48. The summed E-state index contributed by atoms with van der Waals surface area (Å²) < 4.78 is 2.28. The molecule has 0 saturated heterocycles. The zero-order chi connectivity index (χ0) is 31.0. The van der Waals surface area contributed by atoms with Gasteiger partial charge in [-0.15, -0.1) is 0 Å². The number of fused-ring (bicyclic) bond motifs is 1. The van der Waals surface area contributed by atoms with Crippen molar-refractivity contribution in [2.75, 3.05) is 11.9 Å². The molecule has 2 heterocycles. The summed E-state index contributed by atoms with van der Waals surface area (Å²) in [7, 11) is 2.10. The highest BCUT2D eigenvalue weighted by atomic mass is 16.1. The molecule has 4 aromatic carbocycles. The Balaban J connectivity index is 1.42. The average molecular weight is 584 g/mol. The molecule has 5 aromatic rings. The van der Waals surface area contributed by atoms with Crippen LogP contribution in [0.3, 0.4) is 0 Å². The van der Waals surface area contributed by atoms with Crippen LogP contribution in [0, 0.1) is 0 Å². The zero-order valence-corrected chi connectivity index (χ0v) is 25.8. The standard InChI is InChI=1S/C42H35N2O/c1-42(2)36-21-13-14-22-37(36)43(3)41(42)26-23-33-27-35(24-25-40(33)45)44-38(31-17-9-5-10-18-31)28-34(30-15-7-4-8-16-30)29-39(44)32-19-11-6-12-20-32/h4-29H,1-3H3/q+1/b33-23-,41-26-. The minimum absolute atomic E-state index is 0.00408. The molecule has 0 radical (unpaired) electrons. The number of likely N-dealkylation sites (N-methyl/N-ethyl adjacent to an activating group) is 1. The minimum Gasteiger partial charge on any atom is -0.347 e. The lowest BCUT2D eigenvalue weighted by atomic mass is 9.83. The van der Waals surface area contributed by atoms with Crippen LogP contribution in [0.1, 0.15) is 19.4 Å². The van der Waals surface area contributed by atoms with Gasteiger partial charge < -0.3 is 4.90 Å². The number of hydrogen-bond donors (Lipinski definition) is 0. The third-order valence-corrected chi connectivity index (χ3v) is 8.93. The Morgan fingerprint density at radius 1 is 0.622 bits per heavy atom. The Labute approximate surface area is 265 Å². The highest BCUT2D eigenvalue weighted by Gasteiger charge is 2.38. The fourth-order valence-electron chi connectivity index (χ4n) is 6.59. The van der Waals surface area contributed by atoms with E-state index in [0.29, 0.717) is 5.57 Å². The van der Waals surface area contributed by atoms with Gasteiger partial charge in [0.05, 0.1) is 0 Å². The van der Waals surface area contributed by atoms with Crippen molar-refractivity contribution in [3.63, 3.8) is 0 Å². The summed E-state index contributed by atoms with van der Waals surface area (Å²) in [6.07, 6.45) is 9.75. The molecule has 0 bridgehead atoms. The second kappa shape index (κ2) is 11.5. The first-order chi connectivity index (χ1) is 21.9. The normalized spacial score (nSPS) is 17.1. The SMILES string of the molecule is CN1/C(=C\C=C2\C=C([n+]3c(-c4ccccc4)cc(-c4ccccc4)cc3-c3ccccc3)C=CC2=O)C(C)(C)c2ccccc21. The zero-order valence-electron chi connectivity index (χ0n) is 25.8. The van der Waals surface area contributed by atoms with Crippen LogP contribution >= 0.6 is 0 Å². The van der Waals surface area contributed by atoms with Crippen LogP contribution in [-0.4, -0.2) is 12.8 Å². The van der Waals surface area contributed by atoms with Gasteiger partial charge in [-0.1, -0.05) is 98.8 Å². The highest BCUT2D eigenvalue weighted by Crippen LogP contribution is 2.46. The molecule has 0 saturated carbocycles. The van der Waals surface area contributed by atoms with Gasteiger partial charge >= 0.3 is 0 Å². The van der Waals surface area contributed by atoms with E-state index in [2.05, 4.69) is 146 Å². The molecule has 3 heteroatoms. The van der Waals surface area contributed by atoms with Crippen LogP contribution in [0.15, 0.2) is 169 Å². The van der Waals surface area contributed by atoms with Crippen molar-refractivity contribution in [3.8, 4) is 33.6 Å². The summed E-state index contributed by atoms with van der Waals surface area (Å²) >= 11 is 0. The molecule has 2 aliphatic rings. The lowest BCUT2D eigenvalue weighted by Gasteiger charge is -2.23. The maximum absolute atomic E-state index is 13.3. The third kappa shape index (κ3) is 5.17. The Morgan fingerprint density at radius 3 is 1.73 bits per heavy atom. The fourth-order valence-corrected chi connectivity index (χ4v) is 6.59. The van der Waals surface area contributed by atoms with Gasteiger partial charge in [0.15, 0.2) is 5.78 Å². The van der Waals surface area contributed by atoms with E-state index in [4.69, 9.17) is 0 Å². The van der Waals surface area contributed by atoms with Gasteiger partial charge in [0, 0.05) is 64.8 Å². The monoisotopic (exact) mass is 583 g/mol. The number of para-hydroxylation sites is 1. The molecular weight excluding hydrogens is 548 g/mol. The molecule has 0 atom stereocenters. The van der Waals surface area contributed by atoms with Crippen molar-refractivity contribution >= 4 is 17.2 Å². The van der Waals surface area contributed by atoms with Gasteiger partial charge in [-0.25, -0.2) is 0 Å². The number of rotatable bonds is 5. The van der Waals surface area contributed by atoms with Crippen molar-refractivity contribution in [1.29, 1.82) is 0 Å². The van der Waals surface area contributed by atoms with E-state index < -0.39 is 0 Å². The second-order valence-corrected chi connectivity index (χ2v) is 12.1. The lowest BCUT2D eigenvalue weighted by Crippen LogP contribution is -2.38. The Morgan fingerprint density at radius 2 is 1.16 bits per heavy atom. The maximum atomic E-state index is 13.3. The Kier molecular flexibility index (Phi) is 7.23. The molecule has 0 amide bonds. The predicted octanol–water partition coefficient (Wildman–Crippen LogP) is 9.19. The van der Waals surface area contributed by atoms with E-state index in [1.54, 1.807) is 6.08 Å². The summed E-state index contributed by atoms with van der Waals surface area (Å²) in [6, 6.07) is 44.4. The largest absolute Gasteiger partial charge is 0.347 e. The molecule has 0 spiro atoms. The van der Waals surface area contributed by atoms with Crippen LogP contribution in [-0.2, 0) is 10.2 Å². The molecule has 1 aliphatic carbocycles. The van der Waals surface area contributed by atoms with E-state index in [1.807, 2.05) is 36.4 Å². The fraction of sp³-hybridized carbons (Fsp3) is 0.0952. The number of pyridine rings is 1. The average Bonchev–Trinajstić information content (AvgIpc) is 3.28. The maximum Gasteiger partial charge on any atom is 0.219 e. The van der Waals surface area contributed by atoms with Crippen LogP contribution in [0.25, 0.3) is 39.3 Å². The van der Waals surface area contributed by atoms with Crippen LogP contribution in [0.5, 0.6) is 0 Å². The first kappa shape index (κ1) is 28.2. The van der Waals surface area contributed by atoms with Crippen molar-refractivity contribution < 1.29 is 9.36 Å². The number of allylic oxidation sites excluding steroid dienone is 8. The summed E-state index contributed by atoms with van der Waals surface area (Å²) in [5, 5.41) is 0. The number of benzene rings is 4. The molecule has 1 aliphatic heterocycles. The van der Waals surface area contributed by atoms with E-state index in [9.17, 15) is 4.79 Å². The molecule has 0 unspecified atom stereocenters. The van der Waals surface area contributed by atoms with E-state index in [0.717, 1.165) is 45.0 Å². The number of carbonyl (C=O) groups excluding carboxylic acids is 1. The van der Waals surface area contributed by atoms with Crippen molar-refractivity contribution in [3.05, 3.63) is 175 Å². The smallest absolute Gasteiger partial charge is 0.219 e. The Bertz CT molecular complexity index is 1970. The second-order valence-electron chi connectivity index (χ2n) is 12.1. The molecule has 7 rings (SSSR count). The summed E-state index contributed by atoms with van der Waals surface area (Å²) in [5.41, 5.74) is 11.6. The van der Waals surface area contributed by atoms with Crippen molar-refractivity contribution in [2.24, 2.45) is 0 Å². The topological polar surface area (TPSA) is 24.2 Å². The molecular formula is C42H35N2O+. The van der Waals surface area contributed by atoms with E-state index in [-0.39, 0.29) is 11.2 Å². The summed E-state index contributed by atoms with van der Waals surface area (Å²) in [5.74, 6) is -0.00408. The highest BCUT2D eigenvalue weighted by molar-refractivity contribution is 6.10. The van der Waals surface area contributed by atoms with Gasteiger partial charge in [0.25, 0.3) is 0 Å². The van der Waals surface area contributed by atoms with E-state index >= 15 is 0 Å². The number of nitrogens with zero attached hydrogens (tertiary/aromatic N) is 2. The van der Waals surface area contributed by atoms with Gasteiger partial charge in [-0.05, 0) is 65.3 Å². The minimum atomic E-state index is -0.175. The molecule has 1 aromatic heterocycles. The molecule has 218 valence electrons. The quantitative estimate of drug-likeness (QED) is 0.152. The lowest BCUT2D eigenvalue weighted by molar-refractivity contribution is -0.554. The third-order valence-electron chi connectivity index (χ3n) is 8.93. The van der Waals surface area contributed by atoms with Crippen LogP contribution in [0.4, 0.5) is 5.69 Å². The van der Waals surface area contributed by atoms with E-state index in [1.165, 1.54) is 11.3 Å². The van der Waals surface area contributed by atoms with Gasteiger partial charge in [-0.3, -0.25) is 4.79 Å². The number of carbonyl (C=O) groups is 1. The van der Waals surface area contributed by atoms with Crippen LogP contribution < -0.4 is 9.47 Å². The first-order valence-corrected chi connectivity index (χ1v) is 15.4. The van der Waals surface area contributed by atoms with Crippen molar-refractivity contribution in [2.45, 2.75) is 19.3 Å². The molecule has 0 fully saturated rings. The number of ketones is 1. The van der Waals surface area contributed by atoms with Crippen molar-refractivity contribution in [1.82, 2.24) is 0 Å². The number of hydrogen-bond acceptors (Lipinski definition) is 2. The van der Waals surface area contributed by atoms with Gasteiger partial charge in [-0.2, -0.15) is 4.57 Å².